The van der Waals surface area contributed by atoms with Crippen molar-refractivity contribution >= 4 is 22.7 Å². The molecule has 0 spiro atoms. The molecule has 3 N–H and O–H groups in total. The standard InChI is InChI=1S/C21H28N4O2/c1-4-22-21(27)19-12-17(13-25(19)10-8-14(2)3)24-20(26)16-6-5-15-7-9-23-18(15)11-16/h5-9,11,17,19,23H,4,10,12-13H2,1-3H3,(H,22,27)(H,24,26)/t17-,19+/m1/s1. The quantitative estimate of drug-likeness (QED) is 0.686. The molecule has 1 aliphatic rings. The molecule has 1 fully saturated rings. The predicted octanol–water partition coefficient (Wildman–Crippen LogP) is 2.44. The SMILES string of the molecule is CCNC(=O)[C@@H]1C[C@@H](NC(=O)c2ccc3cc[nH]c3c2)CN1CC=C(C)C. The molecule has 0 aliphatic carbocycles. The molecule has 2 aromatic rings. The van der Waals surface area contributed by atoms with E-state index in [2.05, 4.69) is 26.6 Å². The van der Waals surface area contributed by atoms with Crippen LogP contribution in [0.4, 0.5) is 0 Å². The lowest BCUT2D eigenvalue weighted by molar-refractivity contribution is -0.125. The third-order valence-electron chi connectivity index (χ3n) is 4.94. The zero-order valence-electron chi connectivity index (χ0n) is 16.2. The van der Waals surface area contributed by atoms with Crippen molar-refractivity contribution in [2.45, 2.75) is 39.3 Å². The molecule has 1 saturated heterocycles. The Balaban J connectivity index is 1.69. The zero-order valence-corrected chi connectivity index (χ0v) is 16.2. The number of carbonyl (C=O) groups excluding carboxylic acids is 2. The summed E-state index contributed by atoms with van der Waals surface area (Å²) in [6, 6.07) is 7.36. The molecule has 6 nitrogen and oxygen atoms in total. The van der Waals surface area contributed by atoms with Crippen molar-refractivity contribution in [3.05, 3.63) is 47.7 Å². The number of rotatable bonds is 6. The second-order valence-electron chi connectivity index (χ2n) is 7.33. The molecule has 0 saturated carbocycles. The lowest BCUT2D eigenvalue weighted by Crippen LogP contribution is -2.43. The van der Waals surface area contributed by atoms with Gasteiger partial charge in [-0.15, -0.1) is 0 Å². The van der Waals surface area contributed by atoms with Gasteiger partial charge in [-0.05, 0) is 50.8 Å². The molecule has 1 aromatic heterocycles. The average molecular weight is 368 g/mol. The fourth-order valence-electron chi connectivity index (χ4n) is 3.53. The Morgan fingerprint density at radius 2 is 2.11 bits per heavy atom. The maximum atomic E-state index is 12.7. The van der Waals surface area contributed by atoms with Crippen LogP contribution in [-0.4, -0.2) is 53.4 Å². The van der Waals surface area contributed by atoms with Crippen molar-refractivity contribution in [3.63, 3.8) is 0 Å². The molecular formula is C21H28N4O2. The van der Waals surface area contributed by atoms with E-state index >= 15 is 0 Å². The lowest BCUT2D eigenvalue weighted by Gasteiger charge is -2.21. The van der Waals surface area contributed by atoms with E-state index in [9.17, 15) is 9.59 Å². The second-order valence-corrected chi connectivity index (χ2v) is 7.33. The molecule has 0 unspecified atom stereocenters. The van der Waals surface area contributed by atoms with Crippen molar-refractivity contribution in [1.82, 2.24) is 20.5 Å². The van der Waals surface area contributed by atoms with Gasteiger partial charge in [-0.25, -0.2) is 0 Å². The average Bonchev–Trinajstić information content (AvgIpc) is 3.25. The van der Waals surface area contributed by atoms with Crippen LogP contribution in [0.3, 0.4) is 0 Å². The Labute approximate surface area is 160 Å². The van der Waals surface area contributed by atoms with Gasteiger partial charge in [-0.3, -0.25) is 14.5 Å². The van der Waals surface area contributed by atoms with Gasteiger partial charge in [0.25, 0.3) is 5.91 Å². The van der Waals surface area contributed by atoms with E-state index in [1.165, 1.54) is 5.57 Å². The molecular weight excluding hydrogens is 340 g/mol. The van der Waals surface area contributed by atoms with Crippen LogP contribution >= 0.6 is 0 Å². The zero-order chi connectivity index (χ0) is 19.4. The van der Waals surface area contributed by atoms with Crippen molar-refractivity contribution in [2.24, 2.45) is 0 Å². The summed E-state index contributed by atoms with van der Waals surface area (Å²) in [5, 5.41) is 7.09. The number of allylic oxidation sites excluding steroid dienone is 1. The first kappa shape index (κ1) is 19.2. The number of aromatic nitrogens is 1. The Hall–Kier alpha value is -2.60. The number of aromatic amines is 1. The van der Waals surface area contributed by atoms with Gasteiger partial charge in [0.1, 0.15) is 0 Å². The highest BCUT2D eigenvalue weighted by Gasteiger charge is 2.36. The predicted molar refractivity (Wildman–Crippen MR) is 108 cm³/mol. The fourth-order valence-corrected chi connectivity index (χ4v) is 3.53. The Bertz CT molecular complexity index is 851. The smallest absolute Gasteiger partial charge is 0.251 e. The minimum atomic E-state index is -0.211. The number of benzene rings is 1. The summed E-state index contributed by atoms with van der Waals surface area (Å²) in [7, 11) is 0. The molecule has 27 heavy (non-hydrogen) atoms. The number of hydrogen-bond donors (Lipinski definition) is 3. The van der Waals surface area contributed by atoms with Crippen LogP contribution in [0.15, 0.2) is 42.1 Å². The summed E-state index contributed by atoms with van der Waals surface area (Å²) >= 11 is 0. The Morgan fingerprint density at radius 1 is 1.30 bits per heavy atom. The molecule has 6 heteroatoms. The van der Waals surface area contributed by atoms with Crippen LogP contribution in [0, 0.1) is 0 Å². The minimum absolute atomic E-state index is 0.0317. The first-order valence-electron chi connectivity index (χ1n) is 9.51. The highest BCUT2D eigenvalue weighted by Crippen LogP contribution is 2.20. The molecule has 2 heterocycles. The Kier molecular flexibility index (Phi) is 5.96. The van der Waals surface area contributed by atoms with Crippen molar-refractivity contribution in [1.29, 1.82) is 0 Å². The molecule has 3 rings (SSSR count). The second kappa shape index (κ2) is 8.39. The number of H-pyrrole nitrogens is 1. The van der Waals surface area contributed by atoms with Gasteiger partial charge < -0.3 is 15.6 Å². The number of nitrogens with one attached hydrogen (secondary N) is 3. The van der Waals surface area contributed by atoms with Crippen LogP contribution in [0.2, 0.25) is 0 Å². The molecule has 1 aliphatic heterocycles. The highest BCUT2D eigenvalue weighted by molar-refractivity contribution is 5.98. The summed E-state index contributed by atoms with van der Waals surface area (Å²) in [5.74, 6) is -0.0700. The number of likely N-dealkylation sites (tertiary alicyclic amines) is 1. The van der Waals surface area contributed by atoms with E-state index < -0.39 is 0 Å². The van der Waals surface area contributed by atoms with Gasteiger partial charge in [0, 0.05) is 43.0 Å². The molecule has 1 aromatic carbocycles. The molecule has 0 radical (unpaired) electrons. The van der Waals surface area contributed by atoms with Gasteiger partial charge in [-0.2, -0.15) is 0 Å². The van der Waals surface area contributed by atoms with Crippen molar-refractivity contribution in [3.8, 4) is 0 Å². The summed E-state index contributed by atoms with van der Waals surface area (Å²) in [6.07, 6.45) is 4.61. The first-order valence-corrected chi connectivity index (χ1v) is 9.51. The van der Waals surface area contributed by atoms with Crippen LogP contribution in [0.25, 0.3) is 10.9 Å². The van der Waals surface area contributed by atoms with E-state index in [4.69, 9.17) is 0 Å². The monoisotopic (exact) mass is 368 g/mol. The van der Waals surface area contributed by atoms with Crippen molar-refractivity contribution < 1.29 is 9.59 Å². The lowest BCUT2D eigenvalue weighted by atomic mass is 10.1. The van der Waals surface area contributed by atoms with Crippen LogP contribution < -0.4 is 10.6 Å². The number of carbonyl (C=O) groups is 2. The maximum Gasteiger partial charge on any atom is 0.251 e. The summed E-state index contributed by atoms with van der Waals surface area (Å²) < 4.78 is 0. The van der Waals surface area contributed by atoms with Gasteiger partial charge in [0.2, 0.25) is 5.91 Å². The summed E-state index contributed by atoms with van der Waals surface area (Å²) in [4.78, 5) is 30.4. The van der Waals surface area contributed by atoms with E-state index in [1.807, 2.05) is 51.2 Å². The molecule has 2 amide bonds. The van der Waals surface area contributed by atoms with Crippen molar-refractivity contribution in [2.75, 3.05) is 19.6 Å². The van der Waals surface area contributed by atoms with E-state index in [1.54, 1.807) is 0 Å². The van der Waals surface area contributed by atoms with Crippen LogP contribution in [0.5, 0.6) is 0 Å². The van der Waals surface area contributed by atoms with E-state index in [0.717, 1.165) is 10.9 Å². The van der Waals surface area contributed by atoms with Crippen LogP contribution in [0.1, 0.15) is 37.6 Å². The molecule has 2 atom stereocenters. The third-order valence-corrected chi connectivity index (χ3v) is 4.94. The Morgan fingerprint density at radius 3 is 2.85 bits per heavy atom. The summed E-state index contributed by atoms with van der Waals surface area (Å²) in [6.45, 7) is 8.01. The number of hydrogen-bond acceptors (Lipinski definition) is 3. The normalized spacial score (nSPS) is 19.8. The number of fused-ring (bicyclic) bond motifs is 1. The number of likely N-dealkylation sites (N-methyl/N-ethyl adjacent to an activating group) is 1. The highest BCUT2D eigenvalue weighted by atomic mass is 16.2. The fraction of sp³-hybridized carbons (Fsp3) is 0.429. The number of amides is 2. The minimum Gasteiger partial charge on any atom is -0.361 e. The summed E-state index contributed by atoms with van der Waals surface area (Å²) in [5.41, 5.74) is 2.79. The largest absolute Gasteiger partial charge is 0.361 e. The topological polar surface area (TPSA) is 77.2 Å². The van der Waals surface area contributed by atoms with Gasteiger partial charge >= 0.3 is 0 Å². The van der Waals surface area contributed by atoms with E-state index in [-0.39, 0.29) is 23.9 Å². The van der Waals surface area contributed by atoms with Gasteiger partial charge in [0.15, 0.2) is 0 Å². The van der Waals surface area contributed by atoms with E-state index in [0.29, 0.717) is 31.6 Å². The maximum absolute atomic E-state index is 12.7. The van der Waals surface area contributed by atoms with Gasteiger partial charge in [-0.1, -0.05) is 17.7 Å². The third kappa shape index (κ3) is 4.57. The number of nitrogens with zero attached hydrogens (tertiary/aromatic N) is 1. The molecule has 0 bridgehead atoms. The van der Waals surface area contributed by atoms with Gasteiger partial charge in [0.05, 0.1) is 6.04 Å². The molecule has 144 valence electrons. The van der Waals surface area contributed by atoms with Crippen LogP contribution in [-0.2, 0) is 4.79 Å². The first-order chi connectivity index (χ1) is 13.0.